The van der Waals surface area contributed by atoms with Crippen molar-refractivity contribution < 1.29 is 57.4 Å². The molecule has 2 aromatic carbocycles. The van der Waals surface area contributed by atoms with Gasteiger partial charge in [0.2, 0.25) is 35.4 Å². The fourth-order valence-electron chi connectivity index (χ4n) is 8.88. The molecular weight excluding hydrogens is 1040 g/mol. The van der Waals surface area contributed by atoms with Gasteiger partial charge in [0.15, 0.2) is 0 Å². The van der Waals surface area contributed by atoms with Gasteiger partial charge in [-0.2, -0.15) is 0 Å². The highest BCUT2D eigenvalue weighted by Gasteiger charge is 2.45. The van der Waals surface area contributed by atoms with Gasteiger partial charge in [-0.15, -0.1) is 23.5 Å². The lowest BCUT2D eigenvalue weighted by Gasteiger charge is -2.40. The minimum absolute atomic E-state index is 0.182. The number of rotatable bonds is 7. The highest BCUT2D eigenvalue weighted by molar-refractivity contribution is 8.16. The maximum absolute atomic E-state index is 15.2. The minimum Gasteiger partial charge on any atom is -0.461 e. The van der Waals surface area contributed by atoms with Gasteiger partial charge < -0.3 is 50.3 Å². The van der Waals surface area contributed by atoms with Crippen LogP contribution in [0.4, 0.5) is 0 Å². The van der Waals surface area contributed by atoms with Crippen LogP contribution in [0.1, 0.15) is 62.5 Å². The number of thioether (sulfide) groups is 2. The number of hydrogen-bond donors (Lipinski definition) is 4. The largest absolute Gasteiger partial charge is 0.461 e. The maximum atomic E-state index is 15.2. The second-order valence-electron chi connectivity index (χ2n) is 19.3. The Morgan fingerprint density at radius 2 is 1.01 bits per heavy atom. The number of aromatic nitrogens is 4. The van der Waals surface area contributed by atoms with E-state index in [1.54, 1.807) is 82.5 Å². The van der Waals surface area contributed by atoms with Gasteiger partial charge in [-0.3, -0.25) is 48.3 Å². The first-order valence-corrected chi connectivity index (χ1v) is 27.0. The van der Waals surface area contributed by atoms with Crippen LogP contribution in [-0.2, 0) is 47.8 Å². The summed E-state index contributed by atoms with van der Waals surface area (Å²) < 4.78 is 10.5. The average molecular weight is 1100 g/mol. The molecule has 4 aromatic rings. The molecule has 8 amide bonds. The normalized spacial score (nSPS) is 25.4. The van der Waals surface area contributed by atoms with E-state index in [1.807, 2.05) is 0 Å². The standard InChI is InChI=1S/C51H64N12O12S2/c1-25(2)38-49(72)74-22-36(59-42(65)34-21-53-30-17-13-15-19-32(30)57-34)44(67)55-28(6)46(69)63(10)40-48(71)62(9)39(26(3)4)50(73)75-23-35(58-41(64)33-20-52-29-16-12-14-18-31(29)56-33)43(66)54-27(5)45(68)60(7)37(47(70)61(38)8)24-77-51(40)76-11/h12-21,25-28,35-40,51H,22-24H2,1-11H3,(H,54,66)(H,55,67)(H,58,64)(H,59,65)/t27-,28-,35+,36+,37+,38-,39-,40-,51+/m0/s1. The summed E-state index contributed by atoms with van der Waals surface area (Å²) in [5, 5.41) is 10.2. The lowest BCUT2D eigenvalue weighted by Crippen LogP contribution is -2.60. The Balaban J connectivity index is 1.43. The van der Waals surface area contributed by atoms with Crippen molar-refractivity contribution in [2.75, 3.05) is 53.4 Å². The number of nitrogens with zero attached hydrogens (tertiary/aromatic N) is 8. The summed E-state index contributed by atoms with van der Waals surface area (Å²) in [5.41, 5.74) is 1.38. The van der Waals surface area contributed by atoms with E-state index in [0.29, 0.717) is 22.1 Å². The molecule has 2 aromatic heterocycles. The number of likely N-dealkylation sites (N-methyl/N-ethyl adjacent to an activating group) is 4. The molecule has 412 valence electrons. The molecule has 4 N–H and O–H groups in total. The molecule has 2 bridgehead atoms. The average Bonchev–Trinajstić information content (AvgIpc) is 3.40. The van der Waals surface area contributed by atoms with Crippen LogP contribution in [0.3, 0.4) is 0 Å². The molecule has 9 atom stereocenters. The summed E-state index contributed by atoms with van der Waals surface area (Å²) in [6.45, 7) is 7.69. The zero-order valence-electron chi connectivity index (χ0n) is 44.5. The summed E-state index contributed by atoms with van der Waals surface area (Å²) in [5.74, 6) is -10.4. The van der Waals surface area contributed by atoms with Crippen molar-refractivity contribution in [1.29, 1.82) is 0 Å². The Morgan fingerprint density at radius 1 is 0.610 bits per heavy atom. The Labute approximate surface area is 453 Å². The maximum Gasteiger partial charge on any atom is 0.329 e. The minimum atomic E-state index is -1.66. The van der Waals surface area contributed by atoms with E-state index in [4.69, 9.17) is 9.47 Å². The molecule has 26 heteroatoms. The van der Waals surface area contributed by atoms with Crippen molar-refractivity contribution in [2.45, 2.75) is 94.5 Å². The van der Waals surface area contributed by atoms with Crippen LogP contribution in [0.15, 0.2) is 60.9 Å². The van der Waals surface area contributed by atoms with Crippen molar-refractivity contribution in [3.8, 4) is 0 Å². The van der Waals surface area contributed by atoms with Crippen molar-refractivity contribution in [1.82, 2.24) is 60.8 Å². The topological polar surface area (TPSA) is 302 Å². The van der Waals surface area contributed by atoms with Gasteiger partial charge in [0.1, 0.15) is 72.9 Å². The highest BCUT2D eigenvalue weighted by Crippen LogP contribution is 2.32. The van der Waals surface area contributed by atoms with Gasteiger partial charge in [-0.1, -0.05) is 52.0 Å². The van der Waals surface area contributed by atoms with Gasteiger partial charge in [-0.05, 0) is 56.2 Å². The molecule has 6 rings (SSSR count). The molecule has 2 saturated heterocycles. The van der Waals surface area contributed by atoms with Gasteiger partial charge in [0, 0.05) is 33.9 Å². The van der Waals surface area contributed by atoms with E-state index < -0.39 is 137 Å². The van der Waals surface area contributed by atoms with Crippen LogP contribution in [0.5, 0.6) is 0 Å². The van der Waals surface area contributed by atoms with Crippen molar-refractivity contribution in [3.05, 3.63) is 72.3 Å². The zero-order chi connectivity index (χ0) is 56.6. The molecule has 0 saturated carbocycles. The van der Waals surface area contributed by atoms with E-state index in [1.165, 1.54) is 54.4 Å². The lowest BCUT2D eigenvalue weighted by atomic mass is 10.0. The number of hydrogen-bond acceptors (Lipinski definition) is 18. The monoisotopic (exact) mass is 1100 g/mol. The summed E-state index contributed by atoms with van der Waals surface area (Å²) >= 11 is 2.16. The van der Waals surface area contributed by atoms with Gasteiger partial charge >= 0.3 is 11.9 Å². The SMILES string of the molecule is CS[C@@H]1SC[C@@H]2C(=O)N(C)[C@@H](C(C)C)C(=O)OC[C@@H](NC(=O)c3cnc4ccccc4n3)C(=O)N[C@@H](C)C(=O)N(C)[C@H]1C(=O)N(C)[C@@H](C(C)C)C(=O)OC[C@@H](NC(=O)c1cnc3ccccc3n1)C(=O)N[C@@H](C)C(=O)N2C. The van der Waals surface area contributed by atoms with E-state index in [0.717, 1.165) is 43.1 Å². The number of carbonyl (C=O) groups is 10. The number of cyclic esters (lactones) is 2. The Hall–Kier alpha value is -7.48. The zero-order valence-corrected chi connectivity index (χ0v) is 46.2. The molecule has 77 heavy (non-hydrogen) atoms. The predicted molar refractivity (Wildman–Crippen MR) is 284 cm³/mol. The van der Waals surface area contributed by atoms with Crippen LogP contribution < -0.4 is 21.3 Å². The quantitative estimate of drug-likeness (QED) is 0.185. The molecule has 24 nitrogen and oxygen atoms in total. The number of fused-ring (bicyclic) bond motifs is 6. The second kappa shape index (κ2) is 25.6. The first-order chi connectivity index (χ1) is 36.4. The van der Waals surface area contributed by atoms with E-state index in [-0.39, 0.29) is 17.1 Å². The van der Waals surface area contributed by atoms with E-state index in [2.05, 4.69) is 41.2 Å². The number of ether oxygens (including phenoxy) is 2. The molecule has 2 aliphatic heterocycles. The molecule has 0 radical (unpaired) electrons. The fourth-order valence-corrected chi connectivity index (χ4v) is 11.4. The van der Waals surface area contributed by atoms with Crippen molar-refractivity contribution in [2.24, 2.45) is 11.8 Å². The van der Waals surface area contributed by atoms with Crippen molar-refractivity contribution >= 4 is 105 Å². The second-order valence-corrected chi connectivity index (χ2v) is 21.8. The van der Waals surface area contributed by atoms with Gasteiger partial charge in [-0.25, -0.2) is 19.6 Å². The van der Waals surface area contributed by atoms with Crippen LogP contribution in [0, 0.1) is 11.8 Å². The molecule has 0 unspecified atom stereocenters. The summed E-state index contributed by atoms with van der Waals surface area (Å²) in [6.07, 6.45) is 4.06. The lowest BCUT2D eigenvalue weighted by molar-refractivity contribution is -0.160. The van der Waals surface area contributed by atoms with Gasteiger partial charge in [0.25, 0.3) is 11.8 Å². The summed E-state index contributed by atoms with van der Waals surface area (Å²) in [4.78, 5) is 166. The van der Waals surface area contributed by atoms with Crippen LogP contribution in [-0.4, -0.2) is 205 Å². The van der Waals surface area contributed by atoms with Crippen LogP contribution in [0.2, 0.25) is 0 Å². The van der Waals surface area contributed by atoms with Crippen molar-refractivity contribution in [3.63, 3.8) is 0 Å². The number of esters is 2. The Morgan fingerprint density at radius 3 is 1.43 bits per heavy atom. The third-order valence-corrected chi connectivity index (χ3v) is 16.0. The smallest absolute Gasteiger partial charge is 0.329 e. The predicted octanol–water partition coefficient (Wildman–Crippen LogP) is 0.635. The van der Waals surface area contributed by atoms with Gasteiger partial charge in [0.05, 0.1) is 39.0 Å². The first kappa shape index (κ1) is 58.8. The molecule has 0 aliphatic carbocycles. The van der Waals surface area contributed by atoms with E-state index in [9.17, 15) is 38.4 Å². The molecular formula is C51H64N12O12S2. The van der Waals surface area contributed by atoms with Crippen LogP contribution in [0.25, 0.3) is 22.1 Å². The number of amides is 8. The molecule has 0 spiro atoms. The number of benzene rings is 2. The van der Waals surface area contributed by atoms with Crippen LogP contribution >= 0.6 is 23.5 Å². The fraction of sp³-hybridized carbons (Fsp3) is 0.490. The Kier molecular flexibility index (Phi) is 19.5. The molecule has 2 aliphatic rings. The van der Waals surface area contributed by atoms with E-state index >= 15 is 9.59 Å². The Bertz CT molecular complexity index is 2930. The highest BCUT2D eigenvalue weighted by atomic mass is 32.2. The summed E-state index contributed by atoms with van der Waals surface area (Å²) in [7, 11) is 5.32. The first-order valence-electron chi connectivity index (χ1n) is 24.7. The number of para-hydroxylation sites is 4. The number of carbonyl (C=O) groups excluding carboxylic acids is 10. The number of nitrogens with one attached hydrogen (secondary N) is 4. The molecule has 2 fully saturated rings. The third kappa shape index (κ3) is 13.6. The summed E-state index contributed by atoms with van der Waals surface area (Å²) in [6, 6.07) is 1.79. The third-order valence-electron chi connectivity index (χ3n) is 13.2. The molecule has 4 heterocycles.